The van der Waals surface area contributed by atoms with E-state index in [0.717, 1.165) is 0 Å². The van der Waals surface area contributed by atoms with Crippen molar-refractivity contribution in [2.75, 3.05) is 7.05 Å². The molecule has 0 unspecified atom stereocenters. The molecule has 0 saturated heterocycles. The summed E-state index contributed by atoms with van der Waals surface area (Å²) >= 11 is 0. The van der Waals surface area contributed by atoms with Crippen LogP contribution in [0.5, 0.6) is 0 Å². The van der Waals surface area contributed by atoms with E-state index in [9.17, 15) is 14.4 Å². The molecule has 5 heteroatoms. The van der Waals surface area contributed by atoms with E-state index in [1.54, 1.807) is 13.8 Å². The Kier molecular flexibility index (Phi) is 6.37. The molecule has 0 aromatic heterocycles. The van der Waals surface area contributed by atoms with Gasteiger partial charge < -0.3 is 10.4 Å². The molecule has 0 rings (SSSR count). The number of carbonyl (C=O) groups is 3. The monoisotopic (exact) mass is 229 g/mol. The number of nitrogens with one attached hydrogen (secondary N) is 1. The van der Waals surface area contributed by atoms with Crippen molar-refractivity contribution in [3.8, 4) is 0 Å². The van der Waals surface area contributed by atoms with Crippen LogP contribution in [0.15, 0.2) is 0 Å². The average Bonchev–Trinajstić information content (AvgIpc) is 2.22. The van der Waals surface area contributed by atoms with Crippen LogP contribution in [-0.4, -0.2) is 29.8 Å². The summed E-state index contributed by atoms with van der Waals surface area (Å²) in [7, 11) is 1.50. The second-order valence-corrected chi connectivity index (χ2v) is 4.07. The Hall–Kier alpha value is -1.39. The van der Waals surface area contributed by atoms with Crippen molar-refractivity contribution in [2.45, 2.75) is 33.1 Å². The van der Waals surface area contributed by atoms with Crippen LogP contribution in [0.4, 0.5) is 0 Å². The summed E-state index contributed by atoms with van der Waals surface area (Å²) in [5.41, 5.74) is 0. The first-order chi connectivity index (χ1) is 7.38. The highest BCUT2D eigenvalue weighted by Crippen LogP contribution is 2.15. The third-order valence-electron chi connectivity index (χ3n) is 2.44. The Bertz CT molecular complexity index is 273. The number of ketones is 1. The summed E-state index contributed by atoms with van der Waals surface area (Å²) < 4.78 is 0. The molecule has 2 N–H and O–H groups in total. The highest BCUT2D eigenvalue weighted by atomic mass is 16.4. The fourth-order valence-corrected chi connectivity index (χ4v) is 1.22. The molecular weight excluding hydrogens is 210 g/mol. The molecule has 0 fully saturated rings. The number of aliphatic carboxylic acids is 1. The van der Waals surface area contributed by atoms with Gasteiger partial charge in [0.05, 0.1) is 5.92 Å². The van der Waals surface area contributed by atoms with Crippen LogP contribution < -0.4 is 5.32 Å². The number of Topliss-reactive ketones (excluding diaryl/α,β-unsaturated/α-hetero) is 1. The molecule has 0 aliphatic carbocycles. The van der Waals surface area contributed by atoms with Gasteiger partial charge in [-0.15, -0.1) is 0 Å². The summed E-state index contributed by atoms with van der Waals surface area (Å²) in [6, 6.07) is 0. The number of carbonyl (C=O) groups excluding carboxylic acids is 2. The van der Waals surface area contributed by atoms with Crippen molar-refractivity contribution in [2.24, 2.45) is 11.8 Å². The molecule has 0 aliphatic rings. The summed E-state index contributed by atoms with van der Waals surface area (Å²) in [5, 5.41) is 11.3. The van der Waals surface area contributed by atoms with Gasteiger partial charge in [-0.05, 0) is 6.42 Å². The minimum absolute atomic E-state index is 0.00396. The van der Waals surface area contributed by atoms with E-state index >= 15 is 0 Å². The quantitative estimate of drug-likeness (QED) is 0.677. The molecule has 5 nitrogen and oxygen atoms in total. The largest absolute Gasteiger partial charge is 0.481 e. The minimum Gasteiger partial charge on any atom is -0.481 e. The second kappa shape index (κ2) is 6.98. The second-order valence-electron chi connectivity index (χ2n) is 4.07. The Morgan fingerprint density at radius 3 is 2.19 bits per heavy atom. The fourth-order valence-electron chi connectivity index (χ4n) is 1.22. The van der Waals surface area contributed by atoms with Crippen molar-refractivity contribution in [3.05, 3.63) is 0 Å². The van der Waals surface area contributed by atoms with Gasteiger partial charge in [0.1, 0.15) is 5.78 Å². The summed E-state index contributed by atoms with van der Waals surface area (Å²) in [6.07, 6.45) is 0.344. The smallest absolute Gasteiger partial charge is 0.306 e. The molecule has 0 aromatic carbocycles. The van der Waals surface area contributed by atoms with Gasteiger partial charge in [0.2, 0.25) is 5.91 Å². The zero-order valence-electron chi connectivity index (χ0n) is 9.95. The lowest BCUT2D eigenvalue weighted by atomic mass is 9.93. The Morgan fingerprint density at radius 1 is 1.25 bits per heavy atom. The molecule has 16 heavy (non-hydrogen) atoms. The molecule has 1 amide bonds. The van der Waals surface area contributed by atoms with E-state index in [1.165, 1.54) is 7.05 Å². The van der Waals surface area contributed by atoms with Gasteiger partial charge in [0.15, 0.2) is 0 Å². The first-order valence-electron chi connectivity index (χ1n) is 5.34. The lowest BCUT2D eigenvalue weighted by Crippen LogP contribution is -2.24. The molecule has 0 heterocycles. The van der Waals surface area contributed by atoms with Gasteiger partial charge >= 0.3 is 5.97 Å². The number of carboxylic acid groups (broad SMARTS) is 1. The summed E-state index contributed by atoms with van der Waals surface area (Å²) in [4.78, 5) is 33.3. The maximum atomic E-state index is 11.4. The molecule has 0 aromatic rings. The standard InChI is InChI=1S/C11H19NO4/c1-7(2)9(13)6-8(11(15)16)4-5-10(14)12-3/h7-8H,4-6H2,1-3H3,(H,12,14)(H,15,16)/t8-/m1/s1. The third kappa shape index (κ3) is 5.48. The molecular formula is C11H19NO4. The molecule has 0 radical (unpaired) electrons. The molecule has 92 valence electrons. The summed E-state index contributed by atoms with van der Waals surface area (Å²) in [6.45, 7) is 3.47. The van der Waals surface area contributed by atoms with Crippen LogP contribution in [-0.2, 0) is 14.4 Å². The molecule has 0 bridgehead atoms. The molecule has 0 aliphatic heterocycles. The van der Waals surface area contributed by atoms with Gasteiger partial charge in [-0.1, -0.05) is 13.8 Å². The molecule has 0 saturated carbocycles. The van der Waals surface area contributed by atoms with Crippen molar-refractivity contribution in [1.82, 2.24) is 5.32 Å². The van der Waals surface area contributed by atoms with E-state index in [-0.39, 0.29) is 36.9 Å². The van der Waals surface area contributed by atoms with Crippen LogP contribution in [0, 0.1) is 11.8 Å². The van der Waals surface area contributed by atoms with E-state index in [2.05, 4.69) is 5.32 Å². The predicted octanol–water partition coefficient (Wildman–Crippen LogP) is 0.829. The van der Waals surface area contributed by atoms with Crippen LogP contribution in [0.1, 0.15) is 33.1 Å². The first-order valence-corrected chi connectivity index (χ1v) is 5.34. The number of hydrogen-bond donors (Lipinski definition) is 2. The number of rotatable bonds is 7. The Labute approximate surface area is 95.2 Å². The van der Waals surface area contributed by atoms with Gasteiger partial charge in [-0.2, -0.15) is 0 Å². The number of carboxylic acids is 1. The highest BCUT2D eigenvalue weighted by Gasteiger charge is 2.23. The maximum absolute atomic E-state index is 11.4. The normalized spacial score (nSPS) is 12.2. The van der Waals surface area contributed by atoms with E-state index in [1.807, 2.05) is 0 Å². The number of hydrogen-bond acceptors (Lipinski definition) is 3. The van der Waals surface area contributed by atoms with Crippen molar-refractivity contribution >= 4 is 17.7 Å². The Morgan fingerprint density at radius 2 is 1.81 bits per heavy atom. The van der Waals surface area contributed by atoms with Crippen molar-refractivity contribution in [3.63, 3.8) is 0 Å². The van der Waals surface area contributed by atoms with E-state index in [4.69, 9.17) is 5.11 Å². The summed E-state index contributed by atoms with van der Waals surface area (Å²) in [5.74, 6) is -2.22. The molecule has 0 spiro atoms. The first kappa shape index (κ1) is 14.6. The van der Waals surface area contributed by atoms with Gasteiger partial charge in [0, 0.05) is 25.8 Å². The lowest BCUT2D eigenvalue weighted by Gasteiger charge is -2.12. The average molecular weight is 229 g/mol. The fraction of sp³-hybridized carbons (Fsp3) is 0.727. The predicted molar refractivity (Wildman–Crippen MR) is 58.9 cm³/mol. The van der Waals surface area contributed by atoms with E-state index in [0.29, 0.717) is 0 Å². The van der Waals surface area contributed by atoms with Crippen molar-refractivity contribution in [1.29, 1.82) is 0 Å². The third-order valence-corrected chi connectivity index (χ3v) is 2.44. The maximum Gasteiger partial charge on any atom is 0.306 e. The van der Waals surface area contributed by atoms with Crippen molar-refractivity contribution < 1.29 is 19.5 Å². The highest BCUT2D eigenvalue weighted by molar-refractivity contribution is 5.85. The lowest BCUT2D eigenvalue weighted by molar-refractivity contribution is -0.144. The van der Waals surface area contributed by atoms with Gasteiger partial charge in [-0.25, -0.2) is 0 Å². The zero-order valence-corrected chi connectivity index (χ0v) is 9.95. The minimum atomic E-state index is -1.02. The van der Waals surface area contributed by atoms with E-state index < -0.39 is 11.9 Å². The van der Waals surface area contributed by atoms with Gasteiger partial charge in [-0.3, -0.25) is 14.4 Å². The number of amides is 1. The SMILES string of the molecule is CNC(=O)CC[C@H](CC(=O)C(C)C)C(=O)O. The Balaban J connectivity index is 4.24. The van der Waals surface area contributed by atoms with Gasteiger partial charge in [0.25, 0.3) is 0 Å². The van der Waals surface area contributed by atoms with Crippen LogP contribution in [0.25, 0.3) is 0 Å². The topological polar surface area (TPSA) is 83.5 Å². The molecule has 1 atom stereocenters. The van der Waals surface area contributed by atoms with Crippen LogP contribution >= 0.6 is 0 Å². The van der Waals surface area contributed by atoms with Crippen LogP contribution in [0.2, 0.25) is 0 Å². The van der Waals surface area contributed by atoms with Crippen LogP contribution in [0.3, 0.4) is 0 Å². The zero-order chi connectivity index (χ0) is 12.7.